The highest BCUT2D eigenvalue weighted by Gasteiger charge is 2.44. The fraction of sp³-hybridized carbons (Fsp3) is 0.476. The van der Waals surface area contributed by atoms with Gasteiger partial charge in [-0.3, -0.25) is 9.80 Å². The Hall–Kier alpha value is -3.05. The van der Waals surface area contributed by atoms with Crippen LogP contribution in [-0.4, -0.2) is 54.0 Å². The topological polar surface area (TPSA) is 105 Å². The third-order valence-corrected chi connectivity index (χ3v) is 6.16. The van der Waals surface area contributed by atoms with E-state index in [2.05, 4.69) is 26.3 Å². The molecule has 32 heavy (non-hydrogen) atoms. The van der Waals surface area contributed by atoms with E-state index >= 15 is 0 Å². The molecule has 3 aliphatic heterocycles. The number of benzene rings is 1. The van der Waals surface area contributed by atoms with Gasteiger partial charge in [-0.25, -0.2) is 14.2 Å². The summed E-state index contributed by atoms with van der Waals surface area (Å²) in [4.78, 5) is 12.4. The molecule has 9 nitrogen and oxygen atoms in total. The number of amides is 1. The number of carbonyl (C=O) groups is 1. The average Bonchev–Trinajstić information content (AvgIpc) is 3.40. The number of nitrogens with zero attached hydrogens (tertiary/aromatic N) is 3. The van der Waals surface area contributed by atoms with E-state index in [0.29, 0.717) is 23.9 Å². The number of rotatable bonds is 5. The number of aromatic nitrogens is 2. The van der Waals surface area contributed by atoms with Crippen molar-refractivity contribution in [2.24, 2.45) is 5.92 Å². The van der Waals surface area contributed by atoms with E-state index in [-0.39, 0.29) is 30.3 Å². The Morgan fingerprint density at radius 1 is 1.22 bits per heavy atom. The van der Waals surface area contributed by atoms with Crippen LogP contribution in [0.5, 0.6) is 5.75 Å². The monoisotopic (exact) mass is 446 g/mol. The van der Waals surface area contributed by atoms with Crippen molar-refractivity contribution in [1.82, 2.24) is 31.3 Å². The second-order valence-electron chi connectivity index (χ2n) is 8.19. The van der Waals surface area contributed by atoms with Crippen molar-refractivity contribution in [2.75, 3.05) is 26.7 Å². The van der Waals surface area contributed by atoms with E-state index in [1.54, 1.807) is 6.08 Å². The lowest BCUT2D eigenvalue weighted by Crippen LogP contribution is -2.53. The number of halogens is 2. The van der Waals surface area contributed by atoms with Gasteiger partial charge < -0.3 is 19.8 Å². The molecule has 4 heterocycles. The van der Waals surface area contributed by atoms with Crippen molar-refractivity contribution < 1.29 is 22.7 Å². The Morgan fingerprint density at radius 3 is 2.69 bits per heavy atom. The number of allylic oxidation sites excluding steroid dienone is 1. The smallest absolute Gasteiger partial charge is 0.247 e. The number of methoxy groups -OCH3 is 1. The van der Waals surface area contributed by atoms with Crippen molar-refractivity contribution in [1.29, 1.82) is 0 Å². The minimum Gasteiger partial charge on any atom is -0.491 e. The molecule has 3 N–H and O–H groups in total. The fourth-order valence-corrected chi connectivity index (χ4v) is 4.62. The molecule has 170 valence electrons. The van der Waals surface area contributed by atoms with Gasteiger partial charge in [0.1, 0.15) is 6.17 Å². The van der Waals surface area contributed by atoms with Crippen LogP contribution in [0.2, 0.25) is 0 Å². The van der Waals surface area contributed by atoms with Gasteiger partial charge in [0, 0.05) is 24.2 Å². The molecule has 11 heteroatoms. The van der Waals surface area contributed by atoms with E-state index in [1.165, 1.54) is 19.2 Å². The van der Waals surface area contributed by atoms with Gasteiger partial charge in [0.15, 0.2) is 17.4 Å². The molecule has 2 unspecified atom stereocenters. The van der Waals surface area contributed by atoms with Crippen molar-refractivity contribution in [3.05, 3.63) is 52.9 Å². The molecular formula is C21H24F2N6O3. The van der Waals surface area contributed by atoms with E-state index < -0.39 is 17.4 Å². The molecule has 1 aromatic carbocycles. The maximum absolute atomic E-state index is 14.0. The van der Waals surface area contributed by atoms with E-state index in [1.807, 2.05) is 5.01 Å². The molecule has 0 saturated carbocycles. The summed E-state index contributed by atoms with van der Waals surface area (Å²) in [6, 6.07) is 2.37. The maximum Gasteiger partial charge on any atom is 0.247 e. The Morgan fingerprint density at radius 2 is 1.97 bits per heavy atom. The molecule has 0 bridgehead atoms. The molecule has 2 fully saturated rings. The van der Waals surface area contributed by atoms with Crippen LogP contribution in [0.3, 0.4) is 0 Å². The Balaban J connectivity index is 1.33. The highest BCUT2D eigenvalue weighted by atomic mass is 19.1. The lowest BCUT2D eigenvalue weighted by Gasteiger charge is -2.38. The number of piperidine rings is 1. The van der Waals surface area contributed by atoms with Gasteiger partial charge in [-0.05, 0) is 43.6 Å². The van der Waals surface area contributed by atoms with Crippen LogP contribution < -0.4 is 20.8 Å². The highest BCUT2D eigenvalue weighted by Crippen LogP contribution is 2.34. The lowest BCUT2D eigenvalue weighted by atomic mass is 9.92. The highest BCUT2D eigenvalue weighted by molar-refractivity contribution is 5.89. The SMILES string of the molecule is COc1c(F)cc(Cc2nnc(C3CNN4C(C5CCNCC5)=CC(=O)NC34)o2)cc1F. The Bertz CT molecular complexity index is 1030. The van der Waals surface area contributed by atoms with Crippen LogP contribution >= 0.6 is 0 Å². The first kappa shape index (κ1) is 20.8. The van der Waals surface area contributed by atoms with Crippen LogP contribution in [-0.2, 0) is 11.2 Å². The molecule has 1 amide bonds. The number of ether oxygens (including phenoxy) is 1. The van der Waals surface area contributed by atoms with Crippen LogP contribution in [0.4, 0.5) is 8.78 Å². The average molecular weight is 446 g/mol. The summed E-state index contributed by atoms with van der Waals surface area (Å²) in [5.41, 5.74) is 4.68. The van der Waals surface area contributed by atoms with Crippen molar-refractivity contribution in [3.63, 3.8) is 0 Å². The summed E-state index contributed by atoms with van der Waals surface area (Å²) in [6.45, 7) is 2.36. The molecular weight excluding hydrogens is 422 g/mol. The van der Waals surface area contributed by atoms with Crippen molar-refractivity contribution >= 4 is 5.91 Å². The Kier molecular flexibility index (Phi) is 5.51. The second kappa shape index (κ2) is 8.47. The summed E-state index contributed by atoms with van der Waals surface area (Å²) in [5, 5.41) is 16.5. The predicted octanol–water partition coefficient (Wildman–Crippen LogP) is 1.19. The zero-order chi connectivity index (χ0) is 22.2. The largest absolute Gasteiger partial charge is 0.491 e. The molecule has 5 rings (SSSR count). The zero-order valence-electron chi connectivity index (χ0n) is 17.5. The number of hydrogen-bond acceptors (Lipinski definition) is 8. The number of carbonyl (C=O) groups excluding carboxylic acids is 1. The summed E-state index contributed by atoms with van der Waals surface area (Å²) >= 11 is 0. The zero-order valence-corrected chi connectivity index (χ0v) is 17.5. The number of fused-ring (bicyclic) bond motifs is 1. The molecule has 3 aliphatic rings. The predicted molar refractivity (Wildman–Crippen MR) is 108 cm³/mol. The molecule has 1 aromatic heterocycles. The van der Waals surface area contributed by atoms with Gasteiger partial charge in [0.25, 0.3) is 0 Å². The van der Waals surface area contributed by atoms with Gasteiger partial charge in [-0.15, -0.1) is 10.2 Å². The normalized spacial score (nSPS) is 23.7. The number of hydrogen-bond donors (Lipinski definition) is 3. The van der Waals surface area contributed by atoms with E-state index in [4.69, 9.17) is 9.15 Å². The third kappa shape index (κ3) is 3.82. The van der Waals surface area contributed by atoms with Crippen LogP contribution in [0.25, 0.3) is 0 Å². The molecule has 2 saturated heterocycles. The summed E-state index contributed by atoms with van der Waals surface area (Å²) in [5.74, 6) is -1.51. The number of hydrazine groups is 1. The fourth-order valence-electron chi connectivity index (χ4n) is 4.62. The van der Waals surface area contributed by atoms with Gasteiger partial charge in [0.2, 0.25) is 17.7 Å². The van der Waals surface area contributed by atoms with Crippen LogP contribution in [0, 0.1) is 17.6 Å². The summed E-state index contributed by atoms with van der Waals surface area (Å²) < 4.78 is 38.5. The van der Waals surface area contributed by atoms with E-state index in [0.717, 1.165) is 31.6 Å². The van der Waals surface area contributed by atoms with Crippen LogP contribution in [0.15, 0.2) is 28.3 Å². The first-order valence-corrected chi connectivity index (χ1v) is 10.6. The molecule has 2 aromatic rings. The first-order valence-electron chi connectivity index (χ1n) is 10.6. The third-order valence-electron chi connectivity index (χ3n) is 6.16. The van der Waals surface area contributed by atoms with Gasteiger partial charge >= 0.3 is 0 Å². The molecule has 0 aliphatic carbocycles. The van der Waals surface area contributed by atoms with E-state index in [9.17, 15) is 13.6 Å². The van der Waals surface area contributed by atoms with Crippen LogP contribution in [0.1, 0.15) is 36.1 Å². The molecule has 2 atom stereocenters. The standard InChI is InChI=1S/C21H24F2N6O3/c1-31-19-14(22)6-11(7-15(19)23)8-18-27-28-21(32-18)13-10-25-29-16(9-17(30)26-20(13)29)12-2-4-24-5-3-12/h6-7,9,12-13,20,24-25H,2-5,8,10H2,1H3,(H,26,30). The quantitative estimate of drug-likeness (QED) is 0.629. The van der Waals surface area contributed by atoms with Gasteiger partial charge in [0.05, 0.1) is 19.4 Å². The maximum atomic E-state index is 14.0. The first-order chi connectivity index (χ1) is 15.5. The molecule has 0 radical (unpaired) electrons. The van der Waals surface area contributed by atoms with Crippen molar-refractivity contribution in [2.45, 2.75) is 31.3 Å². The number of nitrogens with one attached hydrogen (secondary N) is 3. The lowest BCUT2D eigenvalue weighted by molar-refractivity contribution is -0.119. The van der Waals surface area contributed by atoms with Gasteiger partial charge in [-0.2, -0.15) is 0 Å². The summed E-state index contributed by atoms with van der Waals surface area (Å²) in [7, 11) is 1.21. The second-order valence-corrected chi connectivity index (χ2v) is 8.19. The minimum absolute atomic E-state index is 0.0753. The van der Waals surface area contributed by atoms with Crippen molar-refractivity contribution in [3.8, 4) is 5.75 Å². The molecule has 0 spiro atoms. The minimum atomic E-state index is -0.792. The summed E-state index contributed by atoms with van der Waals surface area (Å²) in [6.07, 6.45) is 3.32. The Labute approximate surface area is 183 Å². The van der Waals surface area contributed by atoms with Gasteiger partial charge in [-0.1, -0.05) is 0 Å².